The zero-order valence-corrected chi connectivity index (χ0v) is 34.7. The van der Waals surface area contributed by atoms with Crippen molar-refractivity contribution in [1.82, 2.24) is 9.13 Å². The van der Waals surface area contributed by atoms with Crippen molar-refractivity contribution in [3.63, 3.8) is 0 Å². The smallest absolute Gasteiger partial charge is 0.0546 e. The molecule has 0 saturated carbocycles. The number of benzene rings is 7. The molecule has 0 saturated heterocycles. The molecule has 12 rings (SSSR count). The molecule has 2 nitrogen and oxygen atoms in total. The molecule has 2 heteroatoms. The Bertz CT molecular complexity index is 3420. The Kier molecular flexibility index (Phi) is 8.96. The summed E-state index contributed by atoms with van der Waals surface area (Å²) in [4.78, 5) is 0. The topological polar surface area (TPSA) is 9.86 Å². The molecule has 0 bridgehead atoms. The standard InChI is InChI=1S/C60H46N2/c1-4-15-41(16-5-1)45-21-14-22-46(37-45)43-27-32-50(33-28-43)61-56-25-12-10-23-52(56)54-38-47(30-35-58(54)61)48-31-36-59-55(39-48)53-24-11-13-26-57(53)62(59)60-40-49(42-17-6-2-7-18-42)29-34-51(60)44-19-8-3-9-20-44/h1,4-6,8,10-15,17-41H,2-3,7,9,16H2. The summed E-state index contributed by atoms with van der Waals surface area (Å²) in [6, 6.07) is 57.1. The lowest BCUT2D eigenvalue weighted by Gasteiger charge is -2.18. The van der Waals surface area contributed by atoms with Crippen molar-refractivity contribution in [3.8, 4) is 33.6 Å². The van der Waals surface area contributed by atoms with E-state index in [9.17, 15) is 0 Å². The fourth-order valence-electron chi connectivity index (χ4n) is 10.2. The number of aromatic nitrogens is 2. The van der Waals surface area contributed by atoms with E-state index in [1.807, 2.05) is 0 Å². The molecule has 2 heterocycles. The molecule has 0 aliphatic heterocycles. The van der Waals surface area contributed by atoms with Crippen LogP contribution in [0.1, 0.15) is 54.7 Å². The number of fused-ring (bicyclic) bond motifs is 6. The van der Waals surface area contributed by atoms with Gasteiger partial charge in [0.05, 0.1) is 27.8 Å². The lowest BCUT2D eigenvalue weighted by Crippen LogP contribution is -2.01. The van der Waals surface area contributed by atoms with Crippen molar-refractivity contribution >= 4 is 54.8 Å². The molecule has 9 aromatic rings. The molecule has 0 amide bonds. The van der Waals surface area contributed by atoms with Crippen LogP contribution in [0.4, 0.5) is 0 Å². The fraction of sp³-hybridized carbons (Fsp3) is 0.100. The predicted molar refractivity (Wildman–Crippen MR) is 264 cm³/mol. The predicted octanol–water partition coefficient (Wildman–Crippen LogP) is 16.3. The van der Waals surface area contributed by atoms with Gasteiger partial charge in [0.15, 0.2) is 0 Å². The third-order valence-electron chi connectivity index (χ3n) is 13.3. The molecule has 1 unspecified atom stereocenters. The van der Waals surface area contributed by atoms with Gasteiger partial charge in [-0.1, -0.05) is 158 Å². The summed E-state index contributed by atoms with van der Waals surface area (Å²) in [6.07, 6.45) is 28.3. The van der Waals surface area contributed by atoms with E-state index in [4.69, 9.17) is 0 Å². The number of allylic oxidation sites excluding steroid dienone is 12. The Balaban J connectivity index is 0.955. The van der Waals surface area contributed by atoms with E-state index in [0.717, 1.165) is 37.8 Å². The highest BCUT2D eigenvalue weighted by Gasteiger charge is 2.20. The number of rotatable bonds is 7. The largest absolute Gasteiger partial charge is 0.309 e. The van der Waals surface area contributed by atoms with Crippen molar-refractivity contribution in [3.05, 3.63) is 229 Å². The van der Waals surface area contributed by atoms with Gasteiger partial charge in [0.1, 0.15) is 0 Å². The second-order valence-electron chi connectivity index (χ2n) is 17.0. The van der Waals surface area contributed by atoms with E-state index in [1.54, 1.807) is 0 Å². The number of para-hydroxylation sites is 2. The molecule has 3 aliphatic rings. The molecule has 0 N–H and O–H groups in total. The van der Waals surface area contributed by atoms with Crippen LogP contribution in [0, 0.1) is 0 Å². The lowest BCUT2D eigenvalue weighted by atomic mass is 9.90. The molecular weight excluding hydrogens is 749 g/mol. The van der Waals surface area contributed by atoms with Crippen LogP contribution < -0.4 is 0 Å². The normalized spacial score (nSPS) is 16.2. The molecule has 296 valence electrons. The SMILES string of the molecule is C1=CCC(c2cccc(-c3ccc(-n4c5ccccc5c5cc(-c6ccc7c(c6)c6ccccc6n7-c6cc(C7=CCCC=C7)ccc6C6=CCCC=C6)ccc54)cc3)c2)C=C1. The zero-order chi connectivity index (χ0) is 41.0. The summed E-state index contributed by atoms with van der Waals surface area (Å²) < 4.78 is 4.93. The summed E-state index contributed by atoms with van der Waals surface area (Å²) >= 11 is 0. The van der Waals surface area contributed by atoms with Crippen LogP contribution in [0.5, 0.6) is 0 Å². The van der Waals surface area contributed by atoms with Crippen LogP contribution >= 0.6 is 0 Å². The van der Waals surface area contributed by atoms with Crippen LogP contribution in [0.2, 0.25) is 0 Å². The molecule has 0 fully saturated rings. The van der Waals surface area contributed by atoms with Crippen molar-refractivity contribution in [2.45, 2.75) is 38.0 Å². The summed E-state index contributed by atoms with van der Waals surface area (Å²) in [5.41, 5.74) is 18.7. The minimum atomic E-state index is 0.434. The maximum Gasteiger partial charge on any atom is 0.0546 e. The van der Waals surface area contributed by atoms with Gasteiger partial charge in [-0.05, 0) is 131 Å². The maximum atomic E-state index is 2.51. The number of nitrogens with zero attached hydrogens (tertiary/aromatic N) is 2. The van der Waals surface area contributed by atoms with Gasteiger partial charge in [0.2, 0.25) is 0 Å². The Labute approximate surface area is 363 Å². The Morgan fingerprint density at radius 1 is 0.403 bits per heavy atom. The summed E-state index contributed by atoms with van der Waals surface area (Å²) in [7, 11) is 0. The first-order valence-corrected chi connectivity index (χ1v) is 22.2. The van der Waals surface area contributed by atoms with E-state index < -0.39 is 0 Å². The van der Waals surface area contributed by atoms with E-state index in [2.05, 4.69) is 222 Å². The molecule has 62 heavy (non-hydrogen) atoms. The van der Waals surface area contributed by atoms with E-state index in [0.29, 0.717) is 5.92 Å². The molecule has 2 aromatic heterocycles. The van der Waals surface area contributed by atoms with Gasteiger partial charge in [-0.25, -0.2) is 0 Å². The van der Waals surface area contributed by atoms with E-state index >= 15 is 0 Å². The third kappa shape index (κ3) is 6.25. The van der Waals surface area contributed by atoms with Crippen LogP contribution in [0.15, 0.2) is 212 Å². The highest BCUT2D eigenvalue weighted by molar-refractivity contribution is 6.13. The minimum Gasteiger partial charge on any atom is -0.309 e. The van der Waals surface area contributed by atoms with Gasteiger partial charge in [0, 0.05) is 38.7 Å². The first-order valence-electron chi connectivity index (χ1n) is 22.2. The van der Waals surface area contributed by atoms with Crippen LogP contribution in [0.3, 0.4) is 0 Å². The minimum absolute atomic E-state index is 0.434. The van der Waals surface area contributed by atoms with Crippen LogP contribution in [0.25, 0.3) is 88.4 Å². The number of hydrogen-bond acceptors (Lipinski definition) is 0. The van der Waals surface area contributed by atoms with Gasteiger partial charge in [0.25, 0.3) is 0 Å². The van der Waals surface area contributed by atoms with Gasteiger partial charge in [-0.2, -0.15) is 0 Å². The summed E-state index contributed by atoms with van der Waals surface area (Å²) in [6.45, 7) is 0. The molecular formula is C60H46N2. The van der Waals surface area contributed by atoms with Crippen LogP contribution in [-0.2, 0) is 0 Å². The molecule has 0 spiro atoms. The molecule has 7 aromatic carbocycles. The maximum absolute atomic E-state index is 2.51. The second-order valence-corrected chi connectivity index (χ2v) is 17.0. The van der Waals surface area contributed by atoms with Crippen molar-refractivity contribution in [2.75, 3.05) is 0 Å². The first-order chi connectivity index (χ1) is 30.7. The zero-order valence-electron chi connectivity index (χ0n) is 34.7. The Hall–Kier alpha value is -7.42. The first kappa shape index (κ1) is 36.4. The fourth-order valence-corrected chi connectivity index (χ4v) is 10.2. The third-order valence-corrected chi connectivity index (χ3v) is 13.3. The molecule has 3 aliphatic carbocycles. The van der Waals surface area contributed by atoms with Gasteiger partial charge in [-0.3, -0.25) is 0 Å². The summed E-state index contributed by atoms with van der Waals surface area (Å²) in [5.74, 6) is 0.434. The summed E-state index contributed by atoms with van der Waals surface area (Å²) in [5, 5.41) is 5.05. The van der Waals surface area contributed by atoms with E-state index in [1.165, 1.54) is 99.4 Å². The highest BCUT2D eigenvalue weighted by Crippen LogP contribution is 2.41. The second kappa shape index (κ2) is 15.2. The molecule has 0 radical (unpaired) electrons. The van der Waals surface area contributed by atoms with Gasteiger partial charge >= 0.3 is 0 Å². The van der Waals surface area contributed by atoms with Gasteiger partial charge < -0.3 is 9.13 Å². The molecule has 1 atom stereocenters. The van der Waals surface area contributed by atoms with Gasteiger partial charge in [-0.15, -0.1) is 0 Å². The average Bonchev–Trinajstić information content (AvgIpc) is 3.87. The lowest BCUT2D eigenvalue weighted by molar-refractivity contribution is 0.854. The average molecular weight is 795 g/mol. The van der Waals surface area contributed by atoms with E-state index in [-0.39, 0.29) is 0 Å². The quantitative estimate of drug-likeness (QED) is 0.152. The highest BCUT2D eigenvalue weighted by atomic mass is 15.0. The number of hydrogen-bond donors (Lipinski definition) is 0. The van der Waals surface area contributed by atoms with Crippen molar-refractivity contribution < 1.29 is 0 Å². The Morgan fingerprint density at radius 2 is 1.02 bits per heavy atom. The van der Waals surface area contributed by atoms with Crippen LogP contribution in [-0.4, -0.2) is 9.13 Å². The monoisotopic (exact) mass is 794 g/mol. The van der Waals surface area contributed by atoms with Crippen molar-refractivity contribution in [2.24, 2.45) is 0 Å². The Morgan fingerprint density at radius 3 is 1.69 bits per heavy atom. The van der Waals surface area contributed by atoms with Crippen molar-refractivity contribution in [1.29, 1.82) is 0 Å².